The van der Waals surface area contributed by atoms with Crippen molar-refractivity contribution in [1.82, 2.24) is 9.13 Å². The van der Waals surface area contributed by atoms with Gasteiger partial charge in [0, 0.05) is 32.9 Å². The molecule has 0 aliphatic carbocycles. The van der Waals surface area contributed by atoms with Crippen molar-refractivity contribution in [3.8, 4) is 22.5 Å². The smallest absolute Gasteiger partial charge is 0.145 e. The van der Waals surface area contributed by atoms with Crippen LogP contribution in [0.15, 0.2) is 186 Å². The van der Waals surface area contributed by atoms with E-state index in [4.69, 9.17) is 4.42 Å². The maximum Gasteiger partial charge on any atom is 0.145 e. The van der Waals surface area contributed by atoms with Crippen LogP contribution < -0.4 is 0 Å². The molecule has 0 saturated heterocycles. The van der Waals surface area contributed by atoms with Crippen LogP contribution in [0, 0.1) is 0 Å². The van der Waals surface area contributed by atoms with Gasteiger partial charge in [-0.05, 0) is 99.4 Å². The van der Waals surface area contributed by atoms with Crippen molar-refractivity contribution < 1.29 is 4.42 Å². The Kier molecular flexibility index (Phi) is 5.77. The van der Waals surface area contributed by atoms with E-state index in [1.807, 2.05) is 0 Å². The van der Waals surface area contributed by atoms with E-state index in [0.717, 1.165) is 60.6 Å². The van der Waals surface area contributed by atoms with E-state index in [1.165, 1.54) is 49.0 Å². The van der Waals surface area contributed by atoms with Crippen molar-refractivity contribution in [2.75, 3.05) is 0 Å². The quantitative estimate of drug-likeness (QED) is 0.171. The molecule has 246 valence electrons. The summed E-state index contributed by atoms with van der Waals surface area (Å²) in [5.74, 6) is 0. The van der Waals surface area contributed by atoms with Crippen molar-refractivity contribution in [2.45, 2.75) is 0 Å². The van der Waals surface area contributed by atoms with Crippen LogP contribution in [0.4, 0.5) is 0 Å². The lowest BCUT2D eigenvalue weighted by atomic mass is 9.93. The largest absolute Gasteiger partial charge is 0.455 e. The van der Waals surface area contributed by atoms with E-state index in [2.05, 4.69) is 191 Å². The Morgan fingerprint density at radius 3 is 1.53 bits per heavy atom. The molecule has 3 heterocycles. The van der Waals surface area contributed by atoms with E-state index >= 15 is 0 Å². The van der Waals surface area contributed by atoms with Crippen LogP contribution in [0.25, 0.3) is 110 Å². The van der Waals surface area contributed by atoms with Gasteiger partial charge in [-0.2, -0.15) is 0 Å². The van der Waals surface area contributed by atoms with Crippen molar-refractivity contribution in [3.63, 3.8) is 0 Å². The van der Waals surface area contributed by atoms with Crippen LogP contribution in [0.1, 0.15) is 0 Å². The molecule has 0 unspecified atom stereocenters. The van der Waals surface area contributed by atoms with E-state index in [-0.39, 0.29) is 0 Å². The standard InChI is InChI=1S/C50H30N2O/c1-2-15-33(16-3-1)51-43-23-10-8-21-40(43)47-45(51)27-25-38-39-26-28-46-48(50(39)53-49(38)47)41-22-9-11-24-44(41)52(46)34-17-12-14-31(29-34)42-30-32-13-4-5-18-35(32)36-19-6-7-20-37(36)42/h1-30H. The van der Waals surface area contributed by atoms with Gasteiger partial charge in [-0.3, -0.25) is 0 Å². The van der Waals surface area contributed by atoms with E-state index in [1.54, 1.807) is 0 Å². The fourth-order valence-corrected chi connectivity index (χ4v) is 9.03. The molecule has 0 saturated carbocycles. The number of benzene rings is 9. The van der Waals surface area contributed by atoms with Crippen LogP contribution >= 0.6 is 0 Å². The highest BCUT2D eigenvalue weighted by Gasteiger charge is 2.22. The van der Waals surface area contributed by atoms with Gasteiger partial charge in [0.25, 0.3) is 0 Å². The Morgan fingerprint density at radius 1 is 0.321 bits per heavy atom. The van der Waals surface area contributed by atoms with E-state index < -0.39 is 0 Å². The predicted molar refractivity (Wildman–Crippen MR) is 223 cm³/mol. The molecule has 0 aliphatic rings. The van der Waals surface area contributed by atoms with Crippen LogP contribution in [-0.4, -0.2) is 9.13 Å². The first-order valence-electron chi connectivity index (χ1n) is 18.2. The van der Waals surface area contributed by atoms with Crippen LogP contribution in [0.2, 0.25) is 0 Å². The van der Waals surface area contributed by atoms with Crippen molar-refractivity contribution >= 4 is 87.1 Å². The van der Waals surface area contributed by atoms with Crippen LogP contribution in [0.5, 0.6) is 0 Å². The fourth-order valence-electron chi connectivity index (χ4n) is 9.03. The predicted octanol–water partition coefficient (Wildman–Crippen LogP) is 13.8. The summed E-state index contributed by atoms with van der Waals surface area (Å²) in [5, 5.41) is 12.0. The van der Waals surface area contributed by atoms with E-state index in [9.17, 15) is 0 Å². The molecule has 9 aromatic carbocycles. The number of aromatic nitrogens is 2. The van der Waals surface area contributed by atoms with Gasteiger partial charge < -0.3 is 13.6 Å². The number of hydrogen-bond donors (Lipinski definition) is 0. The Morgan fingerprint density at radius 2 is 0.849 bits per heavy atom. The summed E-state index contributed by atoms with van der Waals surface area (Å²) in [6.45, 7) is 0. The molecule has 3 aromatic heterocycles. The Hall–Kier alpha value is -7.10. The number of hydrogen-bond acceptors (Lipinski definition) is 1. The molecule has 0 fully saturated rings. The molecule has 0 bridgehead atoms. The summed E-state index contributed by atoms with van der Waals surface area (Å²) in [6.07, 6.45) is 0. The number of nitrogens with zero attached hydrogens (tertiary/aromatic N) is 2. The second kappa shape index (κ2) is 10.7. The minimum absolute atomic E-state index is 0.924. The molecule has 3 nitrogen and oxygen atoms in total. The third-order valence-electron chi connectivity index (χ3n) is 11.3. The zero-order chi connectivity index (χ0) is 34.6. The Balaban J connectivity index is 1.13. The SMILES string of the molecule is c1ccc(-n2c3ccccc3c3c4oc5c(ccc6c5c5ccccc5n6-c5cccc(-c6cc7ccccc7c7ccccc67)c5)c4ccc32)cc1. The third-order valence-corrected chi connectivity index (χ3v) is 11.3. The van der Waals surface area contributed by atoms with Gasteiger partial charge in [0.05, 0.1) is 32.8 Å². The lowest BCUT2D eigenvalue weighted by Crippen LogP contribution is -1.94. The maximum atomic E-state index is 7.15. The fraction of sp³-hybridized carbons (Fsp3) is 0. The molecule has 12 aromatic rings. The summed E-state index contributed by atoms with van der Waals surface area (Å²) < 4.78 is 11.9. The highest BCUT2D eigenvalue weighted by Crippen LogP contribution is 2.45. The summed E-state index contributed by atoms with van der Waals surface area (Å²) >= 11 is 0. The monoisotopic (exact) mass is 674 g/mol. The Labute approximate surface area is 304 Å². The van der Waals surface area contributed by atoms with Crippen LogP contribution in [0.3, 0.4) is 0 Å². The summed E-state index contributed by atoms with van der Waals surface area (Å²) in [4.78, 5) is 0. The normalized spacial score (nSPS) is 12.2. The zero-order valence-electron chi connectivity index (χ0n) is 28.6. The average Bonchev–Trinajstić information content (AvgIpc) is 3.88. The first kappa shape index (κ1) is 28.6. The highest BCUT2D eigenvalue weighted by molar-refractivity contribution is 6.29. The van der Waals surface area contributed by atoms with Gasteiger partial charge in [0.1, 0.15) is 11.2 Å². The molecule has 0 spiro atoms. The molecule has 12 rings (SSSR count). The second-order valence-corrected chi connectivity index (χ2v) is 14.1. The van der Waals surface area contributed by atoms with Gasteiger partial charge in [-0.15, -0.1) is 0 Å². The summed E-state index contributed by atoms with van der Waals surface area (Å²) in [5.41, 5.74) is 11.1. The average molecular weight is 675 g/mol. The molecule has 53 heavy (non-hydrogen) atoms. The summed E-state index contributed by atoms with van der Waals surface area (Å²) in [6, 6.07) is 65.8. The van der Waals surface area contributed by atoms with Gasteiger partial charge in [-0.1, -0.05) is 115 Å². The lowest BCUT2D eigenvalue weighted by molar-refractivity contribution is 0.677. The number of rotatable bonds is 3. The maximum absolute atomic E-state index is 7.15. The zero-order valence-corrected chi connectivity index (χ0v) is 28.6. The molecular weight excluding hydrogens is 645 g/mol. The van der Waals surface area contributed by atoms with Gasteiger partial charge in [0.2, 0.25) is 0 Å². The van der Waals surface area contributed by atoms with Crippen LogP contribution in [-0.2, 0) is 0 Å². The number of fused-ring (bicyclic) bond motifs is 14. The first-order chi connectivity index (χ1) is 26.3. The molecule has 0 amide bonds. The van der Waals surface area contributed by atoms with Gasteiger partial charge in [-0.25, -0.2) is 0 Å². The molecule has 0 N–H and O–H groups in total. The lowest BCUT2D eigenvalue weighted by Gasteiger charge is -2.13. The highest BCUT2D eigenvalue weighted by atomic mass is 16.3. The number of furan rings is 1. The molecule has 3 heteroatoms. The topological polar surface area (TPSA) is 23.0 Å². The minimum atomic E-state index is 0.924. The minimum Gasteiger partial charge on any atom is -0.455 e. The van der Waals surface area contributed by atoms with Crippen molar-refractivity contribution in [2.24, 2.45) is 0 Å². The molecule has 0 aliphatic heterocycles. The van der Waals surface area contributed by atoms with Gasteiger partial charge >= 0.3 is 0 Å². The molecule has 0 radical (unpaired) electrons. The second-order valence-electron chi connectivity index (χ2n) is 14.1. The molecular formula is C50H30N2O. The summed E-state index contributed by atoms with van der Waals surface area (Å²) in [7, 11) is 0. The Bertz CT molecular complexity index is 3450. The molecule has 0 atom stereocenters. The first-order valence-corrected chi connectivity index (χ1v) is 18.2. The van der Waals surface area contributed by atoms with Gasteiger partial charge in [0.15, 0.2) is 0 Å². The number of para-hydroxylation sites is 3. The van der Waals surface area contributed by atoms with E-state index in [0.29, 0.717) is 0 Å². The van der Waals surface area contributed by atoms with Crippen molar-refractivity contribution in [1.29, 1.82) is 0 Å². The van der Waals surface area contributed by atoms with Crippen molar-refractivity contribution in [3.05, 3.63) is 182 Å². The third kappa shape index (κ3) is 3.94.